The Labute approximate surface area is 150 Å². The summed E-state index contributed by atoms with van der Waals surface area (Å²) in [6.07, 6.45) is 5.82. The van der Waals surface area contributed by atoms with Crippen LogP contribution in [0, 0.1) is 12.7 Å². The normalized spacial score (nSPS) is 11.6. The molecule has 0 bridgehead atoms. The van der Waals surface area contributed by atoms with Crippen molar-refractivity contribution in [1.29, 1.82) is 0 Å². The van der Waals surface area contributed by atoms with Crippen LogP contribution in [0.15, 0.2) is 53.5 Å². The molecule has 0 spiro atoms. The van der Waals surface area contributed by atoms with Crippen molar-refractivity contribution < 1.29 is 14.3 Å². The molecule has 0 aliphatic heterocycles. The highest BCUT2D eigenvalue weighted by Crippen LogP contribution is 2.24. The van der Waals surface area contributed by atoms with Crippen molar-refractivity contribution >= 4 is 11.7 Å². The zero-order valence-electron chi connectivity index (χ0n) is 14.5. The highest BCUT2D eigenvalue weighted by atomic mass is 19.1. The average Bonchev–Trinajstić information content (AvgIpc) is 3.46. The number of anilines is 1. The zero-order chi connectivity index (χ0) is 19.1. The van der Waals surface area contributed by atoms with E-state index in [4.69, 9.17) is 10.8 Å². The van der Waals surface area contributed by atoms with Crippen LogP contribution >= 0.6 is 0 Å². The molecule has 2 aromatic rings. The maximum absolute atomic E-state index is 13.7. The molecule has 1 aliphatic rings. The van der Waals surface area contributed by atoms with E-state index in [2.05, 4.69) is 4.98 Å². The van der Waals surface area contributed by atoms with Crippen LogP contribution < -0.4 is 11.3 Å². The number of halogens is 1. The van der Waals surface area contributed by atoms with Crippen molar-refractivity contribution in [2.75, 3.05) is 5.73 Å². The van der Waals surface area contributed by atoms with Crippen molar-refractivity contribution in [2.45, 2.75) is 26.2 Å². The molecular weight excluding hydrogens is 335 g/mol. The lowest BCUT2D eigenvalue weighted by Gasteiger charge is -2.05. The van der Waals surface area contributed by atoms with E-state index in [0.29, 0.717) is 11.1 Å². The van der Waals surface area contributed by atoms with E-state index in [9.17, 15) is 14.0 Å². The minimum atomic E-state index is -1.32. The summed E-state index contributed by atoms with van der Waals surface area (Å²) in [6.45, 7) is 1.79. The summed E-state index contributed by atoms with van der Waals surface area (Å²) in [5.74, 6) is -1.85. The Morgan fingerprint density at radius 3 is 2.42 bits per heavy atom. The first-order chi connectivity index (χ1) is 12.4. The summed E-state index contributed by atoms with van der Waals surface area (Å²) in [5, 5.41) is 8.99. The Morgan fingerprint density at radius 2 is 1.85 bits per heavy atom. The zero-order valence-corrected chi connectivity index (χ0v) is 14.5. The first-order valence-corrected chi connectivity index (χ1v) is 8.25. The van der Waals surface area contributed by atoms with E-state index < -0.39 is 17.3 Å². The summed E-state index contributed by atoms with van der Waals surface area (Å²) in [4.78, 5) is 25.1. The predicted octanol–water partition coefficient (Wildman–Crippen LogP) is 4.06. The van der Waals surface area contributed by atoms with Crippen LogP contribution in [-0.2, 0) is 0 Å². The third-order valence-electron chi connectivity index (χ3n) is 3.64. The molecule has 1 aromatic heterocycles. The summed E-state index contributed by atoms with van der Waals surface area (Å²) in [5.41, 5.74) is 6.44. The first kappa shape index (κ1) is 19.2. The van der Waals surface area contributed by atoms with Gasteiger partial charge in [0.15, 0.2) is 0 Å². The fourth-order valence-electron chi connectivity index (χ4n) is 2.05. The van der Waals surface area contributed by atoms with Crippen LogP contribution in [0.25, 0.3) is 11.1 Å². The average molecular weight is 356 g/mol. The summed E-state index contributed by atoms with van der Waals surface area (Å²) >= 11 is 0. The van der Waals surface area contributed by atoms with E-state index in [0.717, 1.165) is 5.56 Å². The number of nitrogen functional groups attached to an aromatic ring is 1. The number of nitrogens with one attached hydrogen (secondary N) is 1. The molecule has 0 unspecified atom stereocenters. The van der Waals surface area contributed by atoms with Gasteiger partial charge in [0.05, 0.1) is 5.69 Å². The van der Waals surface area contributed by atoms with Crippen molar-refractivity contribution in [3.63, 3.8) is 0 Å². The fourth-order valence-corrected chi connectivity index (χ4v) is 2.05. The van der Waals surface area contributed by atoms with Gasteiger partial charge in [-0.15, -0.1) is 0 Å². The predicted molar refractivity (Wildman–Crippen MR) is 100 cm³/mol. The molecule has 136 valence electrons. The Balaban J connectivity index is 0.000000732. The summed E-state index contributed by atoms with van der Waals surface area (Å²) in [7, 11) is 0. The lowest BCUT2D eigenvalue weighted by atomic mass is 10.0. The van der Waals surface area contributed by atoms with Crippen LogP contribution in [0.1, 0.15) is 35.2 Å². The lowest BCUT2D eigenvalue weighted by Crippen LogP contribution is -2.14. The van der Waals surface area contributed by atoms with Gasteiger partial charge in [0.25, 0.3) is 5.56 Å². The number of carboxylic acid groups (broad SMARTS) is 1. The smallest absolute Gasteiger partial charge is 0.341 e. The van der Waals surface area contributed by atoms with Gasteiger partial charge < -0.3 is 15.8 Å². The maximum atomic E-state index is 13.7. The Hall–Kier alpha value is -3.15. The molecule has 0 saturated heterocycles. The maximum Gasteiger partial charge on any atom is 0.341 e. The topological polar surface area (TPSA) is 96.2 Å². The van der Waals surface area contributed by atoms with E-state index in [1.807, 2.05) is 0 Å². The molecule has 5 nitrogen and oxygen atoms in total. The summed E-state index contributed by atoms with van der Waals surface area (Å²) in [6, 6.07) is 10.3. The number of H-pyrrole nitrogens is 1. The van der Waals surface area contributed by atoms with Crippen LogP contribution in [0.3, 0.4) is 0 Å². The highest BCUT2D eigenvalue weighted by Gasteiger charge is 2.06. The minimum Gasteiger partial charge on any atom is -0.477 e. The number of carboxylic acids is 1. The largest absolute Gasteiger partial charge is 0.477 e. The number of aromatic carboxylic acids is 1. The third-order valence-corrected chi connectivity index (χ3v) is 3.64. The van der Waals surface area contributed by atoms with Gasteiger partial charge in [0.2, 0.25) is 0 Å². The second-order valence-electron chi connectivity index (χ2n) is 5.95. The molecule has 6 heteroatoms. The van der Waals surface area contributed by atoms with Gasteiger partial charge in [0, 0.05) is 6.20 Å². The molecule has 3 rings (SSSR count). The van der Waals surface area contributed by atoms with Crippen LogP contribution in [0.5, 0.6) is 0 Å². The molecule has 4 N–H and O–H groups in total. The number of benzene rings is 1. The number of aromatic amines is 1. The quantitative estimate of drug-likeness (QED) is 0.707. The molecule has 0 amide bonds. The van der Waals surface area contributed by atoms with Crippen molar-refractivity contribution in [3.05, 3.63) is 76.0 Å². The van der Waals surface area contributed by atoms with E-state index in [1.165, 1.54) is 49.7 Å². The molecule has 1 aromatic carbocycles. The second-order valence-corrected chi connectivity index (χ2v) is 5.95. The van der Waals surface area contributed by atoms with Gasteiger partial charge in [-0.05, 0) is 47.9 Å². The van der Waals surface area contributed by atoms with E-state index >= 15 is 0 Å². The Morgan fingerprint density at radius 1 is 1.15 bits per heavy atom. The van der Waals surface area contributed by atoms with Gasteiger partial charge in [-0.1, -0.05) is 37.5 Å². The van der Waals surface area contributed by atoms with E-state index in [1.54, 1.807) is 25.1 Å². The van der Waals surface area contributed by atoms with Gasteiger partial charge in [-0.3, -0.25) is 4.79 Å². The molecule has 1 fully saturated rings. The standard InChI is InChI=1S/C17H15FN2O3.C3H6/c1-10-3-2-4-13(17(22)23)16(21)20-8-7-12(10)11-5-6-15(19)14(18)9-11;1-2-3-1/h2-9H,19H2,1H3,(H,20,21)(H,22,23);1-3H2. The number of hydrogen-bond acceptors (Lipinski definition) is 3. The van der Waals surface area contributed by atoms with Crippen molar-refractivity contribution in [2.24, 2.45) is 0 Å². The number of aromatic nitrogens is 1. The van der Waals surface area contributed by atoms with Crippen LogP contribution in [0.2, 0.25) is 0 Å². The molecule has 0 atom stereocenters. The molecule has 1 heterocycles. The molecule has 1 aliphatic carbocycles. The lowest BCUT2D eigenvalue weighted by molar-refractivity contribution is 0.0695. The van der Waals surface area contributed by atoms with Crippen molar-refractivity contribution in [1.82, 2.24) is 4.98 Å². The SMILES string of the molecule is C1CC1.Cc1cccc(C(=O)O)c(=O)[nH]ccc1-c1ccc(N)c(F)c1. The number of aryl methyl sites for hydroxylation is 1. The van der Waals surface area contributed by atoms with Gasteiger partial charge in [-0.2, -0.15) is 0 Å². The molecule has 26 heavy (non-hydrogen) atoms. The third kappa shape index (κ3) is 5.44. The number of hydrogen-bond donors (Lipinski definition) is 3. The first-order valence-electron chi connectivity index (χ1n) is 8.25. The van der Waals surface area contributed by atoms with Gasteiger partial charge in [-0.25, -0.2) is 9.18 Å². The Bertz CT molecular complexity index is 916. The minimum absolute atomic E-state index is 0.0497. The van der Waals surface area contributed by atoms with Crippen LogP contribution in [-0.4, -0.2) is 16.1 Å². The van der Waals surface area contributed by atoms with Gasteiger partial charge in [0.1, 0.15) is 11.4 Å². The Kier molecular flexibility index (Phi) is 6.49. The molecule has 0 radical (unpaired) electrons. The molecular formula is C20H21FN2O3. The monoisotopic (exact) mass is 356 g/mol. The fraction of sp³-hybridized carbons (Fsp3) is 0.200. The number of carbonyl (C=O) groups is 1. The second kappa shape index (κ2) is 8.80. The van der Waals surface area contributed by atoms with Crippen LogP contribution in [0.4, 0.5) is 10.1 Å². The van der Waals surface area contributed by atoms with Crippen molar-refractivity contribution in [3.8, 4) is 11.1 Å². The van der Waals surface area contributed by atoms with E-state index in [-0.39, 0.29) is 11.3 Å². The highest BCUT2D eigenvalue weighted by molar-refractivity contribution is 5.86. The molecule has 1 saturated carbocycles. The van der Waals surface area contributed by atoms with Gasteiger partial charge >= 0.3 is 5.97 Å². The summed E-state index contributed by atoms with van der Waals surface area (Å²) < 4.78 is 13.7. The number of rotatable bonds is 2. The number of nitrogens with two attached hydrogens (primary N) is 1.